The molecule has 2 saturated heterocycles. The fourth-order valence-electron chi connectivity index (χ4n) is 3.43. The molecule has 1 amide bonds. The molecule has 20 heavy (non-hydrogen) atoms. The number of aryl methyl sites for hydroxylation is 1. The molecule has 108 valence electrons. The van der Waals surface area contributed by atoms with E-state index in [1.165, 1.54) is 18.4 Å². The minimum atomic E-state index is 0.315. The predicted octanol–water partition coefficient (Wildman–Crippen LogP) is 1.47. The summed E-state index contributed by atoms with van der Waals surface area (Å²) in [6, 6.07) is 3.98. The Bertz CT molecular complexity index is 434. The monoisotopic (exact) mass is 273 g/mol. The van der Waals surface area contributed by atoms with Gasteiger partial charge in [-0.2, -0.15) is 0 Å². The molecule has 2 atom stereocenters. The Morgan fingerprint density at radius 1 is 1.20 bits per heavy atom. The van der Waals surface area contributed by atoms with Gasteiger partial charge in [-0.1, -0.05) is 0 Å². The third-order valence-electron chi connectivity index (χ3n) is 4.75. The number of carbonyl (C=O) groups is 1. The lowest BCUT2D eigenvalue weighted by atomic mass is 9.92. The molecular formula is C16H23N3O. The zero-order valence-corrected chi connectivity index (χ0v) is 11.9. The Kier molecular flexibility index (Phi) is 4.31. The van der Waals surface area contributed by atoms with E-state index in [-0.39, 0.29) is 0 Å². The van der Waals surface area contributed by atoms with Crippen LogP contribution in [0.1, 0.15) is 24.8 Å². The van der Waals surface area contributed by atoms with Gasteiger partial charge in [0.2, 0.25) is 5.91 Å². The van der Waals surface area contributed by atoms with Crippen LogP contribution in [-0.4, -0.2) is 42.0 Å². The van der Waals surface area contributed by atoms with Crippen LogP contribution in [0.3, 0.4) is 0 Å². The van der Waals surface area contributed by atoms with Crippen molar-refractivity contribution in [3.05, 3.63) is 30.1 Å². The first-order chi connectivity index (χ1) is 9.83. The van der Waals surface area contributed by atoms with Gasteiger partial charge in [-0.15, -0.1) is 0 Å². The van der Waals surface area contributed by atoms with Crippen molar-refractivity contribution in [2.75, 3.05) is 26.2 Å². The number of hydrogen-bond donors (Lipinski definition) is 1. The molecule has 1 aromatic heterocycles. The van der Waals surface area contributed by atoms with Gasteiger partial charge < -0.3 is 10.2 Å². The second kappa shape index (κ2) is 6.35. The maximum absolute atomic E-state index is 12.3. The van der Waals surface area contributed by atoms with Crippen LogP contribution in [0.15, 0.2) is 24.5 Å². The minimum Gasteiger partial charge on any atom is -0.343 e. The van der Waals surface area contributed by atoms with Crippen molar-refractivity contribution < 1.29 is 4.79 Å². The van der Waals surface area contributed by atoms with Crippen LogP contribution in [0.2, 0.25) is 0 Å². The molecule has 4 nitrogen and oxygen atoms in total. The molecule has 0 radical (unpaired) electrons. The van der Waals surface area contributed by atoms with Crippen molar-refractivity contribution in [2.24, 2.45) is 11.8 Å². The smallest absolute Gasteiger partial charge is 0.222 e. The number of amides is 1. The number of hydrogen-bond acceptors (Lipinski definition) is 3. The average Bonchev–Trinajstić information content (AvgIpc) is 2.84. The van der Waals surface area contributed by atoms with Gasteiger partial charge in [-0.3, -0.25) is 9.78 Å². The van der Waals surface area contributed by atoms with Crippen LogP contribution in [0.4, 0.5) is 0 Å². The van der Waals surface area contributed by atoms with Crippen LogP contribution >= 0.6 is 0 Å². The van der Waals surface area contributed by atoms with E-state index in [0.29, 0.717) is 12.3 Å². The molecular weight excluding hydrogens is 250 g/mol. The summed E-state index contributed by atoms with van der Waals surface area (Å²) < 4.78 is 0. The first kappa shape index (κ1) is 13.6. The van der Waals surface area contributed by atoms with E-state index in [1.54, 1.807) is 12.4 Å². The lowest BCUT2D eigenvalue weighted by molar-refractivity contribution is -0.131. The van der Waals surface area contributed by atoms with Gasteiger partial charge in [-0.05, 0) is 61.9 Å². The van der Waals surface area contributed by atoms with E-state index in [9.17, 15) is 4.79 Å². The van der Waals surface area contributed by atoms with Gasteiger partial charge in [0.1, 0.15) is 0 Å². The predicted molar refractivity (Wildman–Crippen MR) is 78.2 cm³/mol. The standard InChI is InChI=1S/C16H23N3O/c20-16(2-1-13-3-7-17-8-4-13)19-9-5-14-11-18-12-15(14)6-10-19/h3-4,7-8,14-15,18H,1-2,5-6,9-12H2/t14-,15+. The van der Waals surface area contributed by atoms with Gasteiger partial charge in [0.15, 0.2) is 0 Å². The number of pyridine rings is 1. The Morgan fingerprint density at radius 3 is 2.50 bits per heavy atom. The summed E-state index contributed by atoms with van der Waals surface area (Å²) in [5, 5.41) is 3.47. The SMILES string of the molecule is O=C(CCc1ccncc1)N1CC[C@@H]2CNC[C@@H]2CC1. The van der Waals surface area contributed by atoms with Crippen LogP contribution in [-0.2, 0) is 11.2 Å². The first-order valence-corrected chi connectivity index (χ1v) is 7.70. The highest BCUT2D eigenvalue weighted by molar-refractivity contribution is 5.76. The summed E-state index contributed by atoms with van der Waals surface area (Å²) in [5.74, 6) is 1.88. The highest BCUT2D eigenvalue weighted by atomic mass is 16.2. The van der Waals surface area contributed by atoms with Crippen LogP contribution < -0.4 is 5.32 Å². The van der Waals surface area contributed by atoms with Crippen molar-refractivity contribution in [1.82, 2.24) is 15.2 Å². The lowest BCUT2D eigenvalue weighted by Crippen LogP contribution is -2.32. The van der Waals surface area contributed by atoms with Crippen molar-refractivity contribution in [3.8, 4) is 0 Å². The largest absolute Gasteiger partial charge is 0.343 e. The highest BCUT2D eigenvalue weighted by Crippen LogP contribution is 2.27. The van der Waals surface area contributed by atoms with E-state index >= 15 is 0 Å². The number of rotatable bonds is 3. The third kappa shape index (κ3) is 3.18. The topological polar surface area (TPSA) is 45.2 Å². The number of fused-ring (bicyclic) bond motifs is 1. The van der Waals surface area contributed by atoms with Crippen LogP contribution in [0, 0.1) is 11.8 Å². The molecule has 2 fully saturated rings. The Morgan fingerprint density at radius 2 is 1.85 bits per heavy atom. The second-order valence-electron chi connectivity index (χ2n) is 5.99. The van der Waals surface area contributed by atoms with E-state index in [2.05, 4.69) is 15.2 Å². The molecule has 0 unspecified atom stereocenters. The lowest BCUT2D eigenvalue weighted by Gasteiger charge is -2.21. The minimum absolute atomic E-state index is 0.315. The number of carbonyl (C=O) groups excluding carboxylic acids is 1. The number of nitrogens with one attached hydrogen (secondary N) is 1. The summed E-state index contributed by atoms with van der Waals surface area (Å²) in [6.45, 7) is 4.17. The Balaban J connectivity index is 1.50. The number of nitrogens with zero attached hydrogens (tertiary/aromatic N) is 2. The quantitative estimate of drug-likeness (QED) is 0.907. The van der Waals surface area contributed by atoms with E-state index < -0.39 is 0 Å². The maximum Gasteiger partial charge on any atom is 0.222 e. The first-order valence-electron chi connectivity index (χ1n) is 7.70. The fourth-order valence-corrected chi connectivity index (χ4v) is 3.43. The molecule has 1 aromatic rings. The van der Waals surface area contributed by atoms with E-state index in [0.717, 1.165) is 44.4 Å². The molecule has 2 aliphatic rings. The summed E-state index contributed by atoms with van der Waals surface area (Å²) in [4.78, 5) is 18.4. The average molecular weight is 273 g/mol. The van der Waals surface area contributed by atoms with Gasteiger partial charge in [0, 0.05) is 31.9 Å². The number of aromatic nitrogens is 1. The second-order valence-corrected chi connectivity index (χ2v) is 5.99. The fraction of sp³-hybridized carbons (Fsp3) is 0.625. The molecule has 0 spiro atoms. The molecule has 0 saturated carbocycles. The van der Waals surface area contributed by atoms with E-state index in [1.807, 2.05) is 12.1 Å². The summed E-state index contributed by atoms with van der Waals surface area (Å²) in [5.41, 5.74) is 1.20. The molecule has 0 bridgehead atoms. The van der Waals surface area contributed by atoms with Gasteiger partial charge >= 0.3 is 0 Å². The molecule has 2 aliphatic heterocycles. The maximum atomic E-state index is 12.3. The van der Waals surface area contributed by atoms with Gasteiger partial charge in [0.05, 0.1) is 0 Å². The van der Waals surface area contributed by atoms with Crippen molar-refractivity contribution in [1.29, 1.82) is 0 Å². The summed E-state index contributed by atoms with van der Waals surface area (Å²) in [6.07, 6.45) is 7.36. The summed E-state index contributed by atoms with van der Waals surface area (Å²) in [7, 11) is 0. The van der Waals surface area contributed by atoms with Crippen molar-refractivity contribution in [3.63, 3.8) is 0 Å². The zero-order valence-electron chi connectivity index (χ0n) is 11.9. The third-order valence-corrected chi connectivity index (χ3v) is 4.75. The molecule has 0 aliphatic carbocycles. The van der Waals surface area contributed by atoms with Gasteiger partial charge in [-0.25, -0.2) is 0 Å². The van der Waals surface area contributed by atoms with Crippen molar-refractivity contribution in [2.45, 2.75) is 25.7 Å². The van der Waals surface area contributed by atoms with Crippen LogP contribution in [0.5, 0.6) is 0 Å². The Labute approximate surface area is 120 Å². The van der Waals surface area contributed by atoms with Crippen molar-refractivity contribution >= 4 is 5.91 Å². The highest BCUT2D eigenvalue weighted by Gasteiger charge is 2.31. The summed E-state index contributed by atoms with van der Waals surface area (Å²) >= 11 is 0. The zero-order chi connectivity index (χ0) is 13.8. The number of likely N-dealkylation sites (tertiary alicyclic amines) is 1. The molecule has 3 heterocycles. The Hall–Kier alpha value is -1.42. The molecule has 4 heteroatoms. The van der Waals surface area contributed by atoms with E-state index in [4.69, 9.17) is 0 Å². The van der Waals surface area contributed by atoms with Crippen LogP contribution in [0.25, 0.3) is 0 Å². The molecule has 1 N–H and O–H groups in total. The molecule has 3 rings (SSSR count). The molecule has 0 aromatic carbocycles. The normalized spacial score (nSPS) is 26.1. The van der Waals surface area contributed by atoms with Gasteiger partial charge in [0.25, 0.3) is 0 Å².